The van der Waals surface area contributed by atoms with Crippen LogP contribution in [0.2, 0.25) is 0 Å². The van der Waals surface area contributed by atoms with Crippen LogP contribution in [-0.4, -0.2) is 26.7 Å². The smallest absolute Gasteiger partial charge is 0.341 e. The highest BCUT2D eigenvalue weighted by molar-refractivity contribution is 5.92. The maximum Gasteiger partial charge on any atom is 0.341 e. The SMILES string of the molecule is COC(=O)c1cc(CCN)ccc1OC.Cl. The Kier molecular flexibility index (Phi) is 6.53. The van der Waals surface area contributed by atoms with Gasteiger partial charge in [-0.3, -0.25) is 0 Å². The first-order valence-corrected chi connectivity index (χ1v) is 4.68. The van der Waals surface area contributed by atoms with Crippen molar-refractivity contribution in [3.05, 3.63) is 29.3 Å². The van der Waals surface area contributed by atoms with E-state index in [-0.39, 0.29) is 12.4 Å². The van der Waals surface area contributed by atoms with Crippen LogP contribution in [0.15, 0.2) is 18.2 Å². The lowest BCUT2D eigenvalue weighted by molar-refractivity contribution is 0.0597. The van der Waals surface area contributed by atoms with Crippen molar-refractivity contribution in [3.8, 4) is 5.75 Å². The summed E-state index contributed by atoms with van der Waals surface area (Å²) in [5.74, 6) is 0.119. The summed E-state index contributed by atoms with van der Waals surface area (Å²) in [7, 11) is 2.86. The van der Waals surface area contributed by atoms with Crippen molar-refractivity contribution in [1.82, 2.24) is 0 Å². The van der Waals surface area contributed by atoms with Crippen molar-refractivity contribution in [2.24, 2.45) is 5.73 Å². The lowest BCUT2D eigenvalue weighted by Gasteiger charge is -2.08. The predicted molar refractivity (Wildman–Crippen MR) is 64.3 cm³/mol. The molecule has 1 aromatic rings. The minimum absolute atomic E-state index is 0. The van der Waals surface area contributed by atoms with Gasteiger partial charge in [0.1, 0.15) is 11.3 Å². The average Bonchev–Trinajstić information content (AvgIpc) is 2.28. The van der Waals surface area contributed by atoms with E-state index in [0.29, 0.717) is 17.9 Å². The third-order valence-electron chi connectivity index (χ3n) is 2.10. The fourth-order valence-corrected chi connectivity index (χ4v) is 1.35. The molecule has 0 unspecified atom stereocenters. The van der Waals surface area contributed by atoms with Gasteiger partial charge in [-0.05, 0) is 30.7 Å². The molecule has 0 bridgehead atoms. The highest BCUT2D eigenvalue weighted by Crippen LogP contribution is 2.20. The number of hydrogen-bond acceptors (Lipinski definition) is 4. The minimum Gasteiger partial charge on any atom is -0.496 e. The summed E-state index contributed by atoms with van der Waals surface area (Å²) >= 11 is 0. The predicted octanol–water partition coefficient (Wildman–Crippen LogP) is 1.40. The molecule has 4 nitrogen and oxygen atoms in total. The van der Waals surface area contributed by atoms with Crippen molar-refractivity contribution in [1.29, 1.82) is 0 Å². The molecule has 0 aromatic heterocycles. The van der Waals surface area contributed by atoms with E-state index in [4.69, 9.17) is 10.5 Å². The van der Waals surface area contributed by atoms with Gasteiger partial charge in [0.2, 0.25) is 0 Å². The number of hydrogen-bond donors (Lipinski definition) is 1. The number of carbonyl (C=O) groups excluding carboxylic acids is 1. The maximum atomic E-state index is 11.4. The molecule has 0 fully saturated rings. The van der Waals surface area contributed by atoms with Crippen molar-refractivity contribution < 1.29 is 14.3 Å². The Morgan fingerprint density at radius 1 is 1.38 bits per heavy atom. The minimum atomic E-state index is -0.397. The van der Waals surface area contributed by atoms with Gasteiger partial charge in [-0.15, -0.1) is 12.4 Å². The molecule has 0 atom stereocenters. The molecule has 1 rings (SSSR count). The molecule has 0 aliphatic rings. The lowest BCUT2D eigenvalue weighted by atomic mass is 10.1. The second kappa shape index (κ2) is 7.09. The average molecular weight is 246 g/mol. The molecule has 5 heteroatoms. The summed E-state index contributed by atoms with van der Waals surface area (Å²) in [6, 6.07) is 5.38. The zero-order valence-corrected chi connectivity index (χ0v) is 10.2. The lowest BCUT2D eigenvalue weighted by Crippen LogP contribution is -2.07. The number of halogens is 1. The molecular formula is C11H16ClNO3. The summed E-state index contributed by atoms with van der Waals surface area (Å²) in [6.45, 7) is 0.549. The number of methoxy groups -OCH3 is 2. The fraction of sp³-hybridized carbons (Fsp3) is 0.364. The van der Waals surface area contributed by atoms with Crippen molar-refractivity contribution in [2.75, 3.05) is 20.8 Å². The van der Waals surface area contributed by atoms with Crippen molar-refractivity contribution in [3.63, 3.8) is 0 Å². The van der Waals surface area contributed by atoms with E-state index < -0.39 is 5.97 Å². The fourth-order valence-electron chi connectivity index (χ4n) is 1.35. The van der Waals surface area contributed by atoms with E-state index >= 15 is 0 Å². The largest absolute Gasteiger partial charge is 0.496 e. The number of esters is 1. The molecule has 16 heavy (non-hydrogen) atoms. The number of rotatable bonds is 4. The van der Waals surface area contributed by atoms with Crippen LogP contribution in [-0.2, 0) is 11.2 Å². The van der Waals surface area contributed by atoms with Crippen LogP contribution in [0.4, 0.5) is 0 Å². The highest BCUT2D eigenvalue weighted by Gasteiger charge is 2.12. The summed E-state index contributed by atoms with van der Waals surface area (Å²) in [5.41, 5.74) is 6.88. The van der Waals surface area contributed by atoms with Crippen LogP contribution in [0.3, 0.4) is 0 Å². The summed E-state index contributed by atoms with van der Waals surface area (Å²) in [5, 5.41) is 0. The van der Waals surface area contributed by atoms with Gasteiger partial charge in [-0.1, -0.05) is 6.07 Å². The molecule has 90 valence electrons. The molecule has 0 amide bonds. The molecule has 1 aromatic carbocycles. The van der Waals surface area contributed by atoms with E-state index in [1.807, 2.05) is 6.07 Å². The number of benzene rings is 1. The normalized spacial score (nSPS) is 9.19. The van der Waals surface area contributed by atoms with Gasteiger partial charge in [0, 0.05) is 0 Å². The first-order valence-electron chi connectivity index (χ1n) is 4.68. The molecule has 0 spiro atoms. The van der Waals surface area contributed by atoms with Crippen LogP contribution in [0, 0.1) is 0 Å². The van der Waals surface area contributed by atoms with Gasteiger partial charge in [0.25, 0.3) is 0 Å². The van der Waals surface area contributed by atoms with Crippen LogP contribution in [0.5, 0.6) is 5.75 Å². The molecule has 0 aliphatic heterocycles. The molecule has 2 N–H and O–H groups in total. The molecule has 0 saturated heterocycles. The van der Waals surface area contributed by atoms with E-state index in [9.17, 15) is 4.79 Å². The highest BCUT2D eigenvalue weighted by atomic mass is 35.5. The zero-order valence-electron chi connectivity index (χ0n) is 9.36. The van der Waals surface area contributed by atoms with Gasteiger partial charge in [0.15, 0.2) is 0 Å². The van der Waals surface area contributed by atoms with E-state index in [2.05, 4.69) is 4.74 Å². The number of carbonyl (C=O) groups is 1. The monoisotopic (exact) mass is 245 g/mol. The first kappa shape index (κ1) is 14.7. The molecule has 0 heterocycles. The van der Waals surface area contributed by atoms with E-state index in [1.54, 1.807) is 12.1 Å². The summed E-state index contributed by atoms with van der Waals surface area (Å²) < 4.78 is 9.73. The second-order valence-electron chi connectivity index (χ2n) is 3.06. The Balaban J connectivity index is 0.00000225. The topological polar surface area (TPSA) is 61.5 Å². The third-order valence-corrected chi connectivity index (χ3v) is 2.10. The van der Waals surface area contributed by atoms with Crippen LogP contribution < -0.4 is 10.5 Å². The van der Waals surface area contributed by atoms with Gasteiger partial charge >= 0.3 is 5.97 Å². The van der Waals surface area contributed by atoms with E-state index in [1.165, 1.54) is 14.2 Å². The van der Waals surface area contributed by atoms with Crippen molar-refractivity contribution in [2.45, 2.75) is 6.42 Å². The number of ether oxygens (including phenoxy) is 2. The Hall–Kier alpha value is -1.26. The standard InChI is InChI=1S/C11H15NO3.ClH/c1-14-10-4-3-8(5-6-12)7-9(10)11(13)15-2;/h3-4,7H,5-6,12H2,1-2H3;1H. The molecular weight excluding hydrogens is 230 g/mol. The first-order chi connectivity index (χ1) is 7.22. The van der Waals surface area contributed by atoms with Crippen LogP contribution in [0.25, 0.3) is 0 Å². The zero-order chi connectivity index (χ0) is 11.3. The maximum absolute atomic E-state index is 11.4. The molecule has 0 aliphatic carbocycles. The summed E-state index contributed by atoms with van der Waals surface area (Å²) in [4.78, 5) is 11.4. The van der Waals surface area contributed by atoms with Crippen LogP contribution in [0.1, 0.15) is 15.9 Å². The molecule has 0 radical (unpaired) electrons. The van der Waals surface area contributed by atoms with Gasteiger partial charge in [0.05, 0.1) is 14.2 Å². The number of nitrogens with two attached hydrogens (primary N) is 1. The van der Waals surface area contributed by atoms with Crippen molar-refractivity contribution >= 4 is 18.4 Å². The Morgan fingerprint density at radius 3 is 2.56 bits per heavy atom. The summed E-state index contributed by atoms with van der Waals surface area (Å²) in [6.07, 6.45) is 0.730. The van der Waals surface area contributed by atoms with Gasteiger partial charge in [-0.25, -0.2) is 4.79 Å². The second-order valence-corrected chi connectivity index (χ2v) is 3.06. The van der Waals surface area contributed by atoms with E-state index in [0.717, 1.165) is 12.0 Å². The van der Waals surface area contributed by atoms with Gasteiger partial charge in [-0.2, -0.15) is 0 Å². The molecule has 0 saturated carbocycles. The van der Waals surface area contributed by atoms with Crippen LogP contribution >= 0.6 is 12.4 Å². The van der Waals surface area contributed by atoms with Gasteiger partial charge < -0.3 is 15.2 Å². The Labute approximate surface area is 101 Å². The third kappa shape index (κ3) is 3.40. The quantitative estimate of drug-likeness (QED) is 0.815. The Morgan fingerprint density at radius 2 is 2.06 bits per heavy atom. The Bertz CT molecular complexity index is 355.